The molecule has 0 N–H and O–H groups in total. The predicted octanol–water partition coefficient (Wildman–Crippen LogP) is 4.81. The number of rotatable bonds is 3. The van der Waals surface area contributed by atoms with Crippen LogP contribution in [0.4, 0.5) is 0 Å². The maximum atomic E-state index is 6.17. The lowest BCUT2D eigenvalue weighted by Crippen LogP contribution is -1.92. The van der Waals surface area contributed by atoms with E-state index in [4.69, 9.17) is 27.9 Å². The minimum absolute atomic E-state index is 0.331. The zero-order chi connectivity index (χ0) is 13.9. The highest BCUT2D eigenvalue weighted by molar-refractivity contribution is 6.35. The van der Waals surface area contributed by atoms with Gasteiger partial charge in [0.2, 0.25) is 5.88 Å². The van der Waals surface area contributed by atoms with Gasteiger partial charge in [0.25, 0.3) is 0 Å². The van der Waals surface area contributed by atoms with Gasteiger partial charge in [-0.2, -0.15) is 0 Å². The summed E-state index contributed by atoms with van der Waals surface area (Å²) in [6.45, 7) is 0. The first kappa shape index (κ1) is 13.2. The average molecular weight is 305 g/mol. The van der Waals surface area contributed by atoms with Crippen molar-refractivity contribution in [3.8, 4) is 11.6 Å². The maximum Gasteiger partial charge on any atom is 0.237 e. The number of hydrogen-bond donors (Lipinski definition) is 0. The van der Waals surface area contributed by atoms with Crippen LogP contribution in [0.1, 0.15) is 5.69 Å². The molecule has 0 atom stereocenters. The van der Waals surface area contributed by atoms with Gasteiger partial charge in [0.15, 0.2) is 0 Å². The molecule has 1 aromatic heterocycles. The number of alkyl halides is 1. The molecule has 5 heteroatoms. The second-order valence-corrected chi connectivity index (χ2v) is 4.85. The summed E-state index contributed by atoms with van der Waals surface area (Å²) in [4.78, 5) is 8.32. The summed E-state index contributed by atoms with van der Waals surface area (Å²) in [6, 6.07) is 11.4. The Morgan fingerprint density at radius 1 is 0.950 bits per heavy atom. The van der Waals surface area contributed by atoms with E-state index in [1.54, 1.807) is 18.5 Å². The van der Waals surface area contributed by atoms with Crippen molar-refractivity contribution in [1.82, 2.24) is 9.97 Å². The molecule has 0 aliphatic heterocycles. The average Bonchev–Trinajstić information content (AvgIpc) is 2.51. The van der Waals surface area contributed by atoms with Gasteiger partial charge < -0.3 is 4.74 Å². The number of hydrogen-bond acceptors (Lipinski definition) is 3. The number of ether oxygens (including phenoxy) is 1. The molecular weight excluding hydrogens is 295 g/mol. The summed E-state index contributed by atoms with van der Waals surface area (Å²) >= 11 is 11.9. The van der Waals surface area contributed by atoms with Crippen LogP contribution in [0.3, 0.4) is 0 Å². The van der Waals surface area contributed by atoms with Gasteiger partial charge in [-0.15, -0.1) is 11.6 Å². The SMILES string of the molecule is ClCc1cnc(Oc2ccc(Cl)c3ccccc23)cn1. The minimum atomic E-state index is 0.331. The van der Waals surface area contributed by atoms with Crippen LogP contribution in [0.5, 0.6) is 11.6 Å². The lowest BCUT2D eigenvalue weighted by molar-refractivity contribution is 0.464. The Morgan fingerprint density at radius 3 is 2.45 bits per heavy atom. The van der Waals surface area contributed by atoms with E-state index in [1.165, 1.54) is 0 Å². The summed E-state index contributed by atoms with van der Waals surface area (Å²) < 4.78 is 5.77. The Kier molecular flexibility index (Phi) is 3.72. The third kappa shape index (κ3) is 2.55. The second kappa shape index (κ2) is 5.65. The van der Waals surface area contributed by atoms with Crippen LogP contribution in [-0.4, -0.2) is 9.97 Å². The van der Waals surface area contributed by atoms with Gasteiger partial charge in [-0.25, -0.2) is 4.98 Å². The van der Waals surface area contributed by atoms with Crippen molar-refractivity contribution in [1.29, 1.82) is 0 Å². The van der Waals surface area contributed by atoms with Crippen molar-refractivity contribution in [2.45, 2.75) is 5.88 Å². The molecule has 0 aliphatic rings. The van der Waals surface area contributed by atoms with E-state index >= 15 is 0 Å². The summed E-state index contributed by atoms with van der Waals surface area (Å²) in [7, 11) is 0. The van der Waals surface area contributed by atoms with Crippen LogP contribution in [0.2, 0.25) is 5.02 Å². The van der Waals surface area contributed by atoms with Crippen LogP contribution in [0.25, 0.3) is 10.8 Å². The van der Waals surface area contributed by atoms with Gasteiger partial charge in [-0.3, -0.25) is 4.98 Å². The summed E-state index contributed by atoms with van der Waals surface area (Å²) in [6.07, 6.45) is 3.15. The molecule has 3 nitrogen and oxygen atoms in total. The van der Waals surface area contributed by atoms with Gasteiger partial charge in [0.1, 0.15) is 5.75 Å². The Labute approximate surface area is 126 Å². The molecule has 0 fully saturated rings. The van der Waals surface area contributed by atoms with Crippen molar-refractivity contribution in [3.63, 3.8) is 0 Å². The topological polar surface area (TPSA) is 35.0 Å². The first-order chi connectivity index (χ1) is 9.78. The first-order valence-electron chi connectivity index (χ1n) is 6.00. The molecule has 0 amide bonds. The van der Waals surface area contributed by atoms with Crippen LogP contribution < -0.4 is 4.74 Å². The maximum absolute atomic E-state index is 6.17. The molecule has 0 radical (unpaired) electrons. The largest absolute Gasteiger partial charge is 0.437 e. The molecule has 100 valence electrons. The molecule has 1 heterocycles. The van der Waals surface area contributed by atoms with Crippen molar-refractivity contribution in [2.75, 3.05) is 0 Å². The molecule has 0 aliphatic carbocycles. The van der Waals surface area contributed by atoms with E-state index in [2.05, 4.69) is 9.97 Å². The standard InChI is InChI=1S/C15H10Cl2N2O/c16-7-10-8-19-15(9-18-10)20-14-6-5-13(17)11-3-1-2-4-12(11)14/h1-6,8-9H,7H2. The first-order valence-corrected chi connectivity index (χ1v) is 6.91. The summed E-state index contributed by atoms with van der Waals surface area (Å²) in [5, 5.41) is 2.57. The zero-order valence-electron chi connectivity index (χ0n) is 10.4. The Hall–Kier alpha value is -1.84. The quantitative estimate of drug-likeness (QED) is 0.651. The van der Waals surface area contributed by atoms with Crippen molar-refractivity contribution in [2.24, 2.45) is 0 Å². The number of aromatic nitrogens is 2. The highest BCUT2D eigenvalue weighted by Crippen LogP contribution is 2.33. The molecule has 0 saturated carbocycles. The van der Waals surface area contributed by atoms with E-state index in [1.807, 2.05) is 30.3 Å². The van der Waals surface area contributed by atoms with Crippen LogP contribution >= 0.6 is 23.2 Å². The third-order valence-corrected chi connectivity index (χ3v) is 3.47. The molecule has 3 rings (SSSR count). The van der Waals surface area contributed by atoms with Crippen LogP contribution in [-0.2, 0) is 5.88 Å². The van der Waals surface area contributed by atoms with Gasteiger partial charge in [0.05, 0.1) is 24.0 Å². The molecule has 3 aromatic rings. The van der Waals surface area contributed by atoms with Gasteiger partial charge in [0, 0.05) is 15.8 Å². The molecule has 0 unspecified atom stereocenters. The summed E-state index contributed by atoms with van der Waals surface area (Å²) in [5.74, 6) is 1.45. The lowest BCUT2D eigenvalue weighted by atomic mass is 10.1. The number of nitrogens with zero attached hydrogens (tertiary/aromatic N) is 2. The van der Waals surface area contributed by atoms with E-state index in [0.717, 1.165) is 10.8 Å². The fourth-order valence-corrected chi connectivity index (χ4v) is 2.27. The van der Waals surface area contributed by atoms with E-state index in [-0.39, 0.29) is 0 Å². The molecule has 20 heavy (non-hydrogen) atoms. The van der Waals surface area contributed by atoms with E-state index < -0.39 is 0 Å². The predicted molar refractivity (Wildman–Crippen MR) is 80.6 cm³/mol. The molecule has 0 saturated heterocycles. The van der Waals surface area contributed by atoms with Crippen molar-refractivity contribution < 1.29 is 4.74 Å². The van der Waals surface area contributed by atoms with E-state index in [9.17, 15) is 0 Å². The molecule has 0 spiro atoms. The van der Waals surface area contributed by atoms with Crippen LogP contribution in [0.15, 0.2) is 48.8 Å². The van der Waals surface area contributed by atoms with Gasteiger partial charge in [-0.05, 0) is 12.1 Å². The molecular formula is C15H10Cl2N2O. The second-order valence-electron chi connectivity index (χ2n) is 4.17. The van der Waals surface area contributed by atoms with Crippen molar-refractivity contribution >= 4 is 34.0 Å². The van der Waals surface area contributed by atoms with Crippen molar-refractivity contribution in [3.05, 3.63) is 59.5 Å². The number of fused-ring (bicyclic) bond motifs is 1. The Balaban J connectivity index is 2.00. The zero-order valence-corrected chi connectivity index (χ0v) is 11.9. The highest BCUT2D eigenvalue weighted by atomic mass is 35.5. The van der Waals surface area contributed by atoms with E-state index in [0.29, 0.717) is 28.2 Å². The summed E-state index contributed by atoms with van der Waals surface area (Å²) in [5.41, 5.74) is 0.708. The van der Waals surface area contributed by atoms with Gasteiger partial charge in [-0.1, -0.05) is 35.9 Å². The third-order valence-electron chi connectivity index (χ3n) is 2.86. The Bertz CT molecular complexity index is 744. The van der Waals surface area contributed by atoms with Gasteiger partial charge >= 0.3 is 0 Å². The fourth-order valence-electron chi connectivity index (χ4n) is 1.90. The van der Waals surface area contributed by atoms with Crippen LogP contribution in [0, 0.1) is 0 Å². The smallest absolute Gasteiger partial charge is 0.237 e. The fraction of sp³-hybridized carbons (Fsp3) is 0.0667. The minimum Gasteiger partial charge on any atom is -0.437 e. The lowest BCUT2D eigenvalue weighted by Gasteiger charge is -2.09. The molecule has 0 bridgehead atoms. The normalized spacial score (nSPS) is 10.7. The number of benzene rings is 2. The highest BCUT2D eigenvalue weighted by Gasteiger charge is 2.07. The molecule has 2 aromatic carbocycles. The monoisotopic (exact) mass is 304 g/mol. The number of halogens is 2. The Morgan fingerprint density at radius 2 is 1.75 bits per heavy atom.